The molecule has 0 saturated heterocycles. The fourth-order valence-electron chi connectivity index (χ4n) is 1.26. The molecule has 0 atom stereocenters. The summed E-state index contributed by atoms with van der Waals surface area (Å²) in [6, 6.07) is 2.55. The van der Waals surface area contributed by atoms with Crippen LogP contribution in [0.4, 0.5) is 4.39 Å². The minimum absolute atomic E-state index is 0.183. The average molecular weight is 208 g/mol. The number of hydrogen-bond acceptors (Lipinski definition) is 3. The number of carbonyl (C=O) groups excluding carboxylic acids is 1. The number of hydrogen-bond donors (Lipinski definition) is 0. The van der Waals surface area contributed by atoms with Crippen LogP contribution < -0.4 is 0 Å². The molecule has 0 N–H and O–H groups in total. The first-order chi connectivity index (χ1) is 7.20. The summed E-state index contributed by atoms with van der Waals surface area (Å²) in [5.41, 5.74) is 0.570. The van der Waals surface area contributed by atoms with Gasteiger partial charge in [0.25, 0.3) is 0 Å². The third-order valence-corrected chi connectivity index (χ3v) is 1.91. The summed E-state index contributed by atoms with van der Waals surface area (Å²) < 4.78 is 19.2. The van der Waals surface area contributed by atoms with Crippen molar-refractivity contribution >= 4 is 11.6 Å². The number of aromatic nitrogens is 2. The highest BCUT2D eigenvalue weighted by atomic mass is 19.1. The molecule has 0 spiro atoms. The van der Waals surface area contributed by atoms with Crippen molar-refractivity contribution < 1.29 is 13.9 Å². The van der Waals surface area contributed by atoms with Crippen molar-refractivity contribution in [1.82, 2.24) is 9.38 Å². The zero-order valence-corrected chi connectivity index (χ0v) is 8.11. The Labute approximate surface area is 85.3 Å². The lowest BCUT2D eigenvalue weighted by molar-refractivity contribution is 0.0520. The first-order valence-corrected chi connectivity index (χ1v) is 4.52. The Morgan fingerprint density at radius 3 is 3.20 bits per heavy atom. The van der Waals surface area contributed by atoms with Crippen LogP contribution in [0.3, 0.4) is 0 Å². The topological polar surface area (TPSA) is 43.6 Å². The van der Waals surface area contributed by atoms with E-state index in [-0.39, 0.29) is 11.5 Å². The molecule has 2 aromatic heterocycles. The van der Waals surface area contributed by atoms with Crippen LogP contribution >= 0.6 is 0 Å². The van der Waals surface area contributed by atoms with Gasteiger partial charge in [0.2, 0.25) is 0 Å². The molecule has 2 aromatic rings. The van der Waals surface area contributed by atoms with Gasteiger partial charge in [0.05, 0.1) is 6.61 Å². The summed E-state index contributed by atoms with van der Waals surface area (Å²) in [7, 11) is 0. The molecule has 0 saturated carbocycles. The monoisotopic (exact) mass is 208 g/mol. The second-order valence-electron chi connectivity index (χ2n) is 2.96. The van der Waals surface area contributed by atoms with Gasteiger partial charge in [-0.15, -0.1) is 0 Å². The average Bonchev–Trinajstić information content (AvgIpc) is 2.60. The third kappa shape index (κ3) is 1.81. The van der Waals surface area contributed by atoms with Crippen molar-refractivity contribution in [3.8, 4) is 0 Å². The predicted octanol–water partition coefficient (Wildman–Crippen LogP) is 1.65. The standard InChI is InChI=1S/C10H9FN2O2/c1-2-15-10(14)8-6-13-4-3-7(11)5-9(13)12-8/h3-6H,2H2,1H3. The van der Waals surface area contributed by atoms with Gasteiger partial charge in [0.1, 0.15) is 11.5 Å². The predicted molar refractivity (Wildman–Crippen MR) is 51.1 cm³/mol. The van der Waals surface area contributed by atoms with E-state index in [0.717, 1.165) is 0 Å². The minimum Gasteiger partial charge on any atom is -0.461 e. The molecule has 0 amide bonds. The number of pyridine rings is 1. The highest BCUT2D eigenvalue weighted by Gasteiger charge is 2.11. The van der Waals surface area contributed by atoms with Gasteiger partial charge in [-0.3, -0.25) is 0 Å². The number of imidazole rings is 1. The molecule has 0 aliphatic heterocycles. The highest BCUT2D eigenvalue weighted by Crippen LogP contribution is 2.08. The molecule has 78 valence electrons. The number of fused-ring (bicyclic) bond motifs is 1. The molecule has 2 heterocycles. The van der Waals surface area contributed by atoms with Gasteiger partial charge >= 0.3 is 5.97 Å². The molecular weight excluding hydrogens is 199 g/mol. The maximum absolute atomic E-state index is 12.8. The third-order valence-electron chi connectivity index (χ3n) is 1.91. The molecule has 0 fully saturated rings. The number of halogens is 1. The molecule has 0 aliphatic carbocycles. The van der Waals surface area contributed by atoms with Crippen molar-refractivity contribution in [2.45, 2.75) is 6.92 Å². The molecule has 2 rings (SSSR count). The smallest absolute Gasteiger partial charge is 0.358 e. The molecule has 5 heteroatoms. The molecule has 4 nitrogen and oxygen atoms in total. The quantitative estimate of drug-likeness (QED) is 0.705. The van der Waals surface area contributed by atoms with Crippen molar-refractivity contribution in [3.63, 3.8) is 0 Å². The second kappa shape index (κ2) is 3.68. The number of nitrogens with zero attached hydrogens (tertiary/aromatic N) is 2. The first kappa shape index (κ1) is 9.64. The molecule has 0 bridgehead atoms. The second-order valence-corrected chi connectivity index (χ2v) is 2.96. The summed E-state index contributed by atoms with van der Waals surface area (Å²) >= 11 is 0. The van der Waals surface area contributed by atoms with Crippen LogP contribution in [0.25, 0.3) is 5.65 Å². The number of carbonyl (C=O) groups is 1. The summed E-state index contributed by atoms with van der Waals surface area (Å²) in [4.78, 5) is 15.2. The van der Waals surface area contributed by atoms with E-state index in [2.05, 4.69) is 4.98 Å². The van der Waals surface area contributed by atoms with Crippen LogP contribution in [0.1, 0.15) is 17.4 Å². The Bertz CT molecular complexity index is 507. The Kier molecular flexibility index (Phi) is 2.37. The highest BCUT2D eigenvalue weighted by molar-refractivity contribution is 5.87. The normalized spacial score (nSPS) is 10.5. The van der Waals surface area contributed by atoms with Crippen molar-refractivity contribution in [1.29, 1.82) is 0 Å². The molecule has 0 aliphatic rings. The summed E-state index contributed by atoms with van der Waals surface area (Å²) in [6.07, 6.45) is 3.01. The molecule has 0 aromatic carbocycles. The largest absolute Gasteiger partial charge is 0.461 e. The molecule has 15 heavy (non-hydrogen) atoms. The minimum atomic E-state index is -0.499. The van der Waals surface area contributed by atoms with Gasteiger partial charge in [-0.2, -0.15) is 0 Å². The molecule has 0 radical (unpaired) electrons. The Morgan fingerprint density at radius 1 is 1.67 bits per heavy atom. The van der Waals surface area contributed by atoms with E-state index >= 15 is 0 Å². The Hall–Kier alpha value is -1.91. The van der Waals surface area contributed by atoms with Gasteiger partial charge in [-0.05, 0) is 13.0 Å². The van der Waals surface area contributed by atoms with Crippen molar-refractivity contribution in [2.75, 3.05) is 6.61 Å². The van der Waals surface area contributed by atoms with Crippen LogP contribution in [-0.2, 0) is 4.74 Å². The van der Waals surface area contributed by atoms with E-state index in [1.165, 1.54) is 24.5 Å². The van der Waals surface area contributed by atoms with E-state index in [4.69, 9.17) is 4.74 Å². The zero-order valence-electron chi connectivity index (χ0n) is 8.11. The molecule has 0 unspecified atom stereocenters. The van der Waals surface area contributed by atoms with E-state index in [1.807, 2.05) is 0 Å². The summed E-state index contributed by atoms with van der Waals surface area (Å²) in [5, 5.41) is 0. The fourth-order valence-corrected chi connectivity index (χ4v) is 1.26. The van der Waals surface area contributed by atoms with Gasteiger partial charge in [-0.25, -0.2) is 14.2 Å². The molecular formula is C10H9FN2O2. The van der Waals surface area contributed by atoms with E-state index in [1.54, 1.807) is 11.3 Å². The lowest BCUT2D eigenvalue weighted by atomic mass is 10.4. The fraction of sp³-hybridized carbons (Fsp3) is 0.200. The van der Waals surface area contributed by atoms with Gasteiger partial charge in [0.15, 0.2) is 5.69 Å². The maximum Gasteiger partial charge on any atom is 0.358 e. The van der Waals surface area contributed by atoms with E-state index < -0.39 is 5.97 Å². The number of esters is 1. The van der Waals surface area contributed by atoms with E-state index in [9.17, 15) is 9.18 Å². The van der Waals surface area contributed by atoms with E-state index in [0.29, 0.717) is 12.3 Å². The van der Waals surface area contributed by atoms with Crippen LogP contribution in [0.15, 0.2) is 24.5 Å². The zero-order chi connectivity index (χ0) is 10.8. The lowest BCUT2D eigenvalue weighted by Crippen LogP contribution is -2.04. The number of rotatable bonds is 2. The van der Waals surface area contributed by atoms with Gasteiger partial charge in [0, 0.05) is 18.5 Å². The van der Waals surface area contributed by atoms with Crippen LogP contribution in [0.5, 0.6) is 0 Å². The lowest BCUT2D eigenvalue weighted by Gasteiger charge is -1.95. The van der Waals surface area contributed by atoms with Crippen molar-refractivity contribution in [3.05, 3.63) is 36.0 Å². The van der Waals surface area contributed by atoms with Crippen LogP contribution in [0, 0.1) is 5.82 Å². The van der Waals surface area contributed by atoms with Crippen LogP contribution in [-0.4, -0.2) is 22.0 Å². The summed E-state index contributed by atoms with van der Waals surface area (Å²) in [5.74, 6) is -0.884. The Balaban J connectivity index is 2.42. The summed E-state index contributed by atoms with van der Waals surface area (Å²) in [6.45, 7) is 2.01. The SMILES string of the molecule is CCOC(=O)c1cn2ccc(F)cc2n1. The van der Waals surface area contributed by atoms with Gasteiger partial charge < -0.3 is 9.14 Å². The van der Waals surface area contributed by atoms with Crippen LogP contribution in [0.2, 0.25) is 0 Å². The van der Waals surface area contributed by atoms with Crippen molar-refractivity contribution in [2.24, 2.45) is 0 Å². The number of ether oxygens (including phenoxy) is 1. The maximum atomic E-state index is 12.8. The first-order valence-electron chi connectivity index (χ1n) is 4.52. The Morgan fingerprint density at radius 2 is 2.47 bits per heavy atom. The van der Waals surface area contributed by atoms with Gasteiger partial charge in [-0.1, -0.05) is 0 Å².